The van der Waals surface area contributed by atoms with Crippen LogP contribution in [0.3, 0.4) is 0 Å². The van der Waals surface area contributed by atoms with E-state index in [0.717, 1.165) is 26.0 Å². The molecule has 2 heterocycles. The maximum absolute atomic E-state index is 12.2. The van der Waals surface area contributed by atoms with Crippen molar-refractivity contribution in [3.05, 3.63) is 82.5 Å². The van der Waals surface area contributed by atoms with Crippen LogP contribution in [0.1, 0.15) is 10.6 Å². The van der Waals surface area contributed by atoms with E-state index in [1.165, 1.54) is 0 Å². The fourth-order valence-corrected chi connectivity index (χ4v) is 3.59. The lowest BCUT2D eigenvalue weighted by atomic mass is 10.2. The van der Waals surface area contributed by atoms with Crippen molar-refractivity contribution in [1.82, 2.24) is 9.88 Å². The van der Waals surface area contributed by atoms with Crippen LogP contribution in [0.4, 0.5) is 0 Å². The smallest absolute Gasteiger partial charge is 0.246 e. The molecule has 0 aliphatic carbocycles. The van der Waals surface area contributed by atoms with Crippen molar-refractivity contribution in [2.24, 2.45) is 0 Å². The highest BCUT2D eigenvalue weighted by molar-refractivity contribution is 7.16. The van der Waals surface area contributed by atoms with Crippen LogP contribution in [0.2, 0.25) is 5.02 Å². The van der Waals surface area contributed by atoms with Crippen molar-refractivity contribution in [2.45, 2.75) is 6.54 Å². The summed E-state index contributed by atoms with van der Waals surface area (Å²) in [5.74, 6) is -0.0571. The van der Waals surface area contributed by atoms with E-state index in [9.17, 15) is 4.79 Å². The van der Waals surface area contributed by atoms with Gasteiger partial charge in [0.2, 0.25) is 5.91 Å². The summed E-state index contributed by atoms with van der Waals surface area (Å²) >= 11 is 7.84. The number of pyridine rings is 1. The molecule has 1 aromatic carbocycles. The third kappa shape index (κ3) is 4.56. The van der Waals surface area contributed by atoms with Crippen molar-refractivity contribution in [3.63, 3.8) is 0 Å². The Morgan fingerprint density at radius 1 is 1.16 bits per heavy atom. The Kier molecular flexibility index (Phi) is 5.64. The van der Waals surface area contributed by atoms with Crippen molar-refractivity contribution < 1.29 is 4.79 Å². The molecule has 5 heteroatoms. The van der Waals surface area contributed by atoms with Gasteiger partial charge in [-0.15, -0.1) is 11.3 Å². The molecule has 0 saturated heterocycles. The second kappa shape index (κ2) is 8.10. The number of carbonyl (C=O) groups excluding carboxylic acids is 1. The van der Waals surface area contributed by atoms with Gasteiger partial charge < -0.3 is 4.90 Å². The number of thiophene rings is 1. The minimum atomic E-state index is -0.0571. The van der Waals surface area contributed by atoms with Crippen LogP contribution in [0.15, 0.2) is 66.9 Å². The van der Waals surface area contributed by atoms with Gasteiger partial charge in [-0.3, -0.25) is 9.78 Å². The Morgan fingerprint density at radius 2 is 1.96 bits per heavy atom. The minimum absolute atomic E-state index is 0.0571. The number of halogens is 1. The molecule has 0 aliphatic rings. The van der Waals surface area contributed by atoms with Gasteiger partial charge in [0.05, 0.1) is 12.2 Å². The van der Waals surface area contributed by atoms with Crippen LogP contribution in [0.25, 0.3) is 16.5 Å². The maximum Gasteiger partial charge on any atom is 0.246 e. The van der Waals surface area contributed by atoms with Gasteiger partial charge in [0.25, 0.3) is 0 Å². The van der Waals surface area contributed by atoms with E-state index in [1.807, 2.05) is 60.7 Å². The molecule has 0 unspecified atom stereocenters. The van der Waals surface area contributed by atoms with Gasteiger partial charge in [-0.05, 0) is 36.4 Å². The van der Waals surface area contributed by atoms with Crippen molar-refractivity contribution in [2.75, 3.05) is 7.05 Å². The average Bonchev–Trinajstić information content (AvgIpc) is 3.09. The van der Waals surface area contributed by atoms with Crippen LogP contribution in [-0.4, -0.2) is 22.8 Å². The molecule has 1 amide bonds. The highest BCUT2D eigenvalue weighted by Gasteiger charge is 2.08. The van der Waals surface area contributed by atoms with E-state index in [1.54, 1.807) is 35.6 Å². The number of hydrogen-bond donors (Lipinski definition) is 0. The predicted molar refractivity (Wildman–Crippen MR) is 105 cm³/mol. The number of benzene rings is 1. The highest BCUT2D eigenvalue weighted by atomic mass is 35.5. The fourth-order valence-electron chi connectivity index (χ4n) is 2.34. The summed E-state index contributed by atoms with van der Waals surface area (Å²) in [7, 11) is 1.77. The average molecular weight is 369 g/mol. The summed E-state index contributed by atoms with van der Waals surface area (Å²) < 4.78 is 0. The molecule has 0 atom stereocenters. The third-order valence-electron chi connectivity index (χ3n) is 3.66. The molecule has 0 aliphatic heterocycles. The lowest BCUT2D eigenvalue weighted by molar-refractivity contribution is -0.125. The minimum Gasteiger partial charge on any atom is -0.336 e. The lowest BCUT2D eigenvalue weighted by Crippen LogP contribution is -2.24. The first-order chi connectivity index (χ1) is 12.1. The summed E-state index contributed by atoms with van der Waals surface area (Å²) in [4.78, 5) is 20.2. The Morgan fingerprint density at radius 3 is 2.72 bits per heavy atom. The van der Waals surface area contributed by atoms with Gasteiger partial charge in [0, 0.05) is 39.7 Å². The molecule has 0 fully saturated rings. The number of hydrogen-bond acceptors (Lipinski definition) is 3. The number of nitrogens with zero attached hydrogens (tertiary/aromatic N) is 2. The van der Waals surface area contributed by atoms with Gasteiger partial charge in [-0.1, -0.05) is 35.9 Å². The van der Waals surface area contributed by atoms with Crippen molar-refractivity contribution in [3.8, 4) is 10.4 Å². The zero-order chi connectivity index (χ0) is 17.6. The molecule has 0 bridgehead atoms. The van der Waals surface area contributed by atoms with E-state index in [0.29, 0.717) is 6.54 Å². The molecule has 126 valence electrons. The van der Waals surface area contributed by atoms with E-state index >= 15 is 0 Å². The molecule has 3 aromatic rings. The van der Waals surface area contributed by atoms with Crippen LogP contribution < -0.4 is 0 Å². The molecule has 3 nitrogen and oxygen atoms in total. The zero-order valence-corrected chi connectivity index (χ0v) is 15.3. The Hall–Kier alpha value is -2.43. The molecule has 0 spiro atoms. The molecular formula is C20H17ClN2OS. The predicted octanol–water partition coefficient (Wildman–Crippen LogP) is 5.14. The first kappa shape index (κ1) is 17.4. The van der Waals surface area contributed by atoms with E-state index in [4.69, 9.17) is 11.6 Å². The van der Waals surface area contributed by atoms with Gasteiger partial charge in [0.1, 0.15) is 0 Å². The molecule has 0 radical (unpaired) electrons. The normalized spacial score (nSPS) is 11.0. The Bertz CT molecular complexity index is 889. The topological polar surface area (TPSA) is 33.2 Å². The van der Waals surface area contributed by atoms with E-state index in [2.05, 4.69) is 4.98 Å². The SMILES string of the molecule is CN(Cc1ccccn1)C(=O)/C=C/c1ccc(-c2ccccc2Cl)s1. The second-order valence-electron chi connectivity index (χ2n) is 5.53. The standard InChI is InChI=1S/C20H17ClN2OS/c1-23(14-15-6-4-5-13-22-15)20(24)12-10-16-9-11-19(25-16)17-7-2-3-8-18(17)21/h2-13H,14H2,1H3/b12-10+. The number of aromatic nitrogens is 1. The van der Waals surface area contributed by atoms with Gasteiger partial charge in [-0.25, -0.2) is 0 Å². The van der Waals surface area contributed by atoms with Crippen LogP contribution >= 0.6 is 22.9 Å². The first-order valence-electron chi connectivity index (χ1n) is 7.81. The molecular weight excluding hydrogens is 352 g/mol. The Balaban J connectivity index is 1.66. The van der Waals surface area contributed by atoms with Gasteiger partial charge in [-0.2, -0.15) is 0 Å². The number of carbonyl (C=O) groups is 1. The summed E-state index contributed by atoms with van der Waals surface area (Å²) in [5.41, 5.74) is 1.87. The number of amides is 1. The fraction of sp³-hybridized carbons (Fsp3) is 0.100. The summed E-state index contributed by atoms with van der Waals surface area (Å²) in [6.45, 7) is 0.485. The zero-order valence-electron chi connectivity index (χ0n) is 13.7. The van der Waals surface area contributed by atoms with Gasteiger partial charge >= 0.3 is 0 Å². The second-order valence-corrected chi connectivity index (χ2v) is 7.05. The summed E-state index contributed by atoms with van der Waals surface area (Å²) in [6.07, 6.45) is 5.15. The quantitative estimate of drug-likeness (QED) is 0.584. The lowest BCUT2D eigenvalue weighted by Gasteiger charge is -2.14. The molecule has 0 saturated carbocycles. The number of rotatable bonds is 5. The molecule has 0 N–H and O–H groups in total. The maximum atomic E-state index is 12.2. The molecule has 3 rings (SSSR count). The first-order valence-corrected chi connectivity index (χ1v) is 9.01. The van der Waals surface area contributed by atoms with Crippen LogP contribution in [-0.2, 0) is 11.3 Å². The van der Waals surface area contributed by atoms with E-state index in [-0.39, 0.29) is 5.91 Å². The monoisotopic (exact) mass is 368 g/mol. The van der Waals surface area contributed by atoms with Gasteiger partial charge in [0.15, 0.2) is 0 Å². The van der Waals surface area contributed by atoms with E-state index < -0.39 is 0 Å². The largest absolute Gasteiger partial charge is 0.336 e. The molecule has 25 heavy (non-hydrogen) atoms. The highest BCUT2D eigenvalue weighted by Crippen LogP contribution is 2.33. The number of likely N-dealkylation sites (N-methyl/N-ethyl adjacent to an activating group) is 1. The Labute approximate surface area is 156 Å². The summed E-state index contributed by atoms with van der Waals surface area (Å²) in [6, 6.07) is 17.4. The third-order valence-corrected chi connectivity index (χ3v) is 5.07. The summed E-state index contributed by atoms with van der Waals surface area (Å²) in [5, 5.41) is 0.728. The van der Waals surface area contributed by atoms with Crippen molar-refractivity contribution in [1.29, 1.82) is 0 Å². The molecule has 2 aromatic heterocycles. The van der Waals surface area contributed by atoms with Crippen molar-refractivity contribution >= 4 is 34.9 Å². The van der Waals surface area contributed by atoms with Crippen LogP contribution in [0, 0.1) is 0 Å². The van der Waals surface area contributed by atoms with Crippen LogP contribution in [0.5, 0.6) is 0 Å².